The van der Waals surface area contributed by atoms with E-state index in [4.69, 9.17) is 16.3 Å². The van der Waals surface area contributed by atoms with E-state index in [0.29, 0.717) is 17.4 Å². The van der Waals surface area contributed by atoms with Gasteiger partial charge in [0.05, 0.1) is 10.7 Å². The van der Waals surface area contributed by atoms with Crippen LogP contribution in [0.3, 0.4) is 0 Å². The lowest BCUT2D eigenvalue weighted by atomic mass is 10.2. The van der Waals surface area contributed by atoms with Gasteiger partial charge in [-0.05, 0) is 58.8 Å². The van der Waals surface area contributed by atoms with Crippen molar-refractivity contribution in [3.63, 3.8) is 0 Å². The largest absolute Gasteiger partial charge is 0.487 e. The molecule has 0 bridgehead atoms. The second-order valence-electron chi connectivity index (χ2n) is 7.13. The lowest BCUT2D eigenvalue weighted by Crippen LogP contribution is -2.15. The molecule has 3 aromatic carbocycles. The number of rotatable bonds is 11. The SMILES string of the molecule is Clc1cc(CNCCCSc2nnnn2-c2ccccc2)ccc1OCc1ccccc1. The summed E-state index contributed by atoms with van der Waals surface area (Å²) >= 11 is 8.06. The number of nitrogens with one attached hydrogen (secondary N) is 1. The van der Waals surface area contributed by atoms with Crippen LogP contribution in [-0.4, -0.2) is 32.5 Å². The molecule has 1 aromatic heterocycles. The highest BCUT2D eigenvalue weighted by Gasteiger charge is 2.08. The molecule has 1 N–H and O–H groups in total. The molecule has 164 valence electrons. The van der Waals surface area contributed by atoms with Crippen LogP contribution in [0.4, 0.5) is 0 Å². The van der Waals surface area contributed by atoms with Crippen molar-refractivity contribution in [3.8, 4) is 11.4 Å². The second kappa shape index (κ2) is 11.7. The van der Waals surface area contributed by atoms with Crippen LogP contribution < -0.4 is 10.1 Å². The third kappa shape index (κ3) is 6.32. The summed E-state index contributed by atoms with van der Waals surface area (Å²) in [5, 5.41) is 16.9. The quantitative estimate of drug-likeness (QED) is 0.243. The van der Waals surface area contributed by atoms with Crippen molar-refractivity contribution in [2.24, 2.45) is 0 Å². The van der Waals surface area contributed by atoms with Gasteiger partial charge in [0.1, 0.15) is 12.4 Å². The Labute approximate surface area is 197 Å². The minimum atomic E-state index is 0.503. The Morgan fingerprint density at radius 3 is 2.50 bits per heavy atom. The molecule has 0 saturated heterocycles. The Morgan fingerprint density at radius 1 is 0.938 bits per heavy atom. The molecule has 0 atom stereocenters. The molecular weight excluding hydrogens is 442 g/mol. The monoisotopic (exact) mass is 465 g/mol. The number of benzene rings is 3. The van der Waals surface area contributed by atoms with Crippen LogP contribution in [0.1, 0.15) is 17.5 Å². The highest BCUT2D eigenvalue weighted by atomic mass is 35.5. The Hall–Kier alpha value is -2.87. The van der Waals surface area contributed by atoms with Gasteiger partial charge >= 0.3 is 0 Å². The molecule has 0 aliphatic heterocycles. The van der Waals surface area contributed by atoms with E-state index in [1.165, 1.54) is 0 Å². The van der Waals surface area contributed by atoms with Crippen LogP contribution in [0, 0.1) is 0 Å². The maximum absolute atomic E-state index is 6.40. The smallest absolute Gasteiger partial charge is 0.214 e. The van der Waals surface area contributed by atoms with Gasteiger partial charge in [0, 0.05) is 12.3 Å². The van der Waals surface area contributed by atoms with Gasteiger partial charge in [0.2, 0.25) is 5.16 Å². The van der Waals surface area contributed by atoms with Crippen molar-refractivity contribution in [2.45, 2.75) is 24.7 Å². The van der Waals surface area contributed by atoms with Crippen molar-refractivity contribution in [2.75, 3.05) is 12.3 Å². The van der Waals surface area contributed by atoms with Crippen molar-refractivity contribution in [1.29, 1.82) is 0 Å². The molecule has 0 fully saturated rings. The summed E-state index contributed by atoms with van der Waals surface area (Å²) in [6.07, 6.45) is 0.998. The average Bonchev–Trinajstić information content (AvgIpc) is 3.30. The molecule has 4 rings (SSSR count). The maximum Gasteiger partial charge on any atom is 0.214 e. The summed E-state index contributed by atoms with van der Waals surface area (Å²) in [6, 6.07) is 25.9. The molecule has 8 heteroatoms. The van der Waals surface area contributed by atoms with Gasteiger partial charge in [-0.3, -0.25) is 0 Å². The van der Waals surface area contributed by atoms with Crippen molar-refractivity contribution >= 4 is 23.4 Å². The fourth-order valence-electron chi connectivity index (χ4n) is 3.10. The third-order valence-corrected chi connectivity index (χ3v) is 6.03. The number of hydrogen-bond donors (Lipinski definition) is 1. The zero-order valence-corrected chi connectivity index (χ0v) is 19.1. The number of thioether (sulfide) groups is 1. The van der Waals surface area contributed by atoms with Crippen LogP contribution in [-0.2, 0) is 13.2 Å². The van der Waals surface area contributed by atoms with Crippen LogP contribution >= 0.6 is 23.4 Å². The molecular formula is C24H24ClN5OS. The van der Waals surface area contributed by atoms with E-state index in [0.717, 1.165) is 47.2 Å². The van der Waals surface area contributed by atoms with Gasteiger partial charge in [-0.15, -0.1) is 5.10 Å². The van der Waals surface area contributed by atoms with E-state index >= 15 is 0 Å². The summed E-state index contributed by atoms with van der Waals surface area (Å²) < 4.78 is 7.60. The number of tetrazole rings is 1. The van der Waals surface area contributed by atoms with E-state index in [2.05, 4.69) is 20.8 Å². The molecule has 0 saturated carbocycles. The Bertz CT molecular complexity index is 1110. The molecule has 0 aliphatic carbocycles. The van der Waals surface area contributed by atoms with Gasteiger partial charge in [0.25, 0.3) is 0 Å². The molecule has 6 nitrogen and oxygen atoms in total. The minimum Gasteiger partial charge on any atom is -0.487 e. The van der Waals surface area contributed by atoms with Crippen molar-refractivity contribution < 1.29 is 4.74 Å². The number of hydrogen-bond acceptors (Lipinski definition) is 6. The highest BCUT2D eigenvalue weighted by molar-refractivity contribution is 7.99. The Morgan fingerprint density at radius 2 is 1.72 bits per heavy atom. The van der Waals surface area contributed by atoms with E-state index in [-0.39, 0.29) is 0 Å². The minimum absolute atomic E-state index is 0.503. The maximum atomic E-state index is 6.40. The first-order valence-corrected chi connectivity index (χ1v) is 11.8. The zero-order chi connectivity index (χ0) is 22.0. The van der Waals surface area contributed by atoms with Gasteiger partial charge in [-0.2, -0.15) is 4.68 Å². The fourth-order valence-corrected chi connectivity index (χ4v) is 4.19. The Balaban J connectivity index is 1.17. The summed E-state index contributed by atoms with van der Waals surface area (Å²) in [5.74, 6) is 1.62. The number of ether oxygens (including phenoxy) is 1. The lowest BCUT2D eigenvalue weighted by molar-refractivity contribution is 0.306. The molecule has 0 radical (unpaired) electrons. The second-order valence-corrected chi connectivity index (χ2v) is 8.60. The van der Waals surface area contributed by atoms with Crippen LogP contribution in [0.25, 0.3) is 5.69 Å². The average molecular weight is 466 g/mol. The van der Waals surface area contributed by atoms with Crippen molar-refractivity contribution in [1.82, 2.24) is 25.5 Å². The van der Waals surface area contributed by atoms with E-state index in [1.807, 2.05) is 78.9 Å². The van der Waals surface area contributed by atoms with Gasteiger partial charge in [-0.25, -0.2) is 0 Å². The summed E-state index contributed by atoms with van der Waals surface area (Å²) in [5.41, 5.74) is 3.21. The summed E-state index contributed by atoms with van der Waals surface area (Å²) in [6.45, 7) is 2.15. The standard InChI is InChI=1S/C24H24ClN5OS/c25-22-16-20(12-13-23(22)31-18-19-8-3-1-4-9-19)17-26-14-7-15-32-24-27-28-29-30(24)21-10-5-2-6-11-21/h1-6,8-13,16,26H,7,14-15,17-18H2. The van der Waals surface area contributed by atoms with Crippen molar-refractivity contribution in [3.05, 3.63) is 95.0 Å². The predicted octanol–water partition coefficient (Wildman–Crippen LogP) is 5.17. The zero-order valence-electron chi connectivity index (χ0n) is 17.5. The first-order valence-electron chi connectivity index (χ1n) is 10.4. The molecule has 0 unspecified atom stereocenters. The normalized spacial score (nSPS) is 10.9. The van der Waals surface area contributed by atoms with E-state index in [9.17, 15) is 0 Å². The lowest BCUT2D eigenvalue weighted by Gasteiger charge is -2.10. The number of nitrogens with zero attached hydrogens (tertiary/aromatic N) is 4. The van der Waals surface area contributed by atoms with Gasteiger partial charge < -0.3 is 10.1 Å². The van der Waals surface area contributed by atoms with Gasteiger partial charge in [0.15, 0.2) is 0 Å². The molecule has 32 heavy (non-hydrogen) atoms. The molecule has 0 amide bonds. The third-order valence-electron chi connectivity index (χ3n) is 4.73. The number of halogens is 1. The highest BCUT2D eigenvalue weighted by Crippen LogP contribution is 2.26. The predicted molar refractivity (Wildman–Crippen MR) is 128 cm³/mol. The van der Waals surface area contributed by atoms with Gasteiger partial charge in [-0.1, -0.05) is 78.0 Å². The van der Waals surface area contributed by atoms with E-state index in [1.54, 1.807) is 16.4 Å². The molecule has 0 spiro atoms. The van der Waals surface area contributed by atoms with Crippen LogP contribution in [0.15, 0.2) is 84.0 Å². The van der Waals surface area contributed by atoms with Crippen LogP contribution in [0.2, 0.25) is 5.02 Å². The fraction of sp³-hybridized carbons (Fsp3) is 0.208. The Kier molecular flexibility index (Phi) is 8.14. The molecule has 4 aromatic rings. The first-order chi connectivity index (χ1) is 15.8. The number of aromatic nitrogens is 4. The van der Waals surface area contributed by atoms with E-state index < -0.39 is 0 Å². The first kappa shape index (κ1) is 22.3. The molecule has 0 aliphatic rings. The topological polar surface area (TPSA) is 64.9 Å². The molecule has 1 heterocycles. The summed E-state index contributed by atoms with van der Waals surface area (Å²) in [4.78, 5) is 0. The van der Waals surface area contributed by atoms with Crippen LogP contribution in [0.5, 0.6) is 5.75 Å². The number of para-hydroxylation sites is 1. The summed E-state index contributed by atoms with van der Waals surface area (Å²) in [7, 11) is 0.